The number of hydrogen-bond acceptors (Lipinski definition) is 6. The molecule has 12 heteroatoms. The summed E-state index contributed by atoms with van der Waals surface area (Å²) in [6.07, 6.45) is 2.29. The second-order valence-electron chi connectivity index (χ2n) is 6.30. The van der Waals surface area contributed by atoms with E-state index in [0.29, 0.717) is 23.9 Å². The molecule has 10 nitrogen and oxygen atoms in total. The van der Waals surface area contributed by atoms with E-state index in [2.05, 4.69) is 34.3 Å². The van der Waals surface area contributed by atoms with Gasteiger partial charge in [-0.05, 0) is 13.3 Å². The van der Waals surface area contributed by atoms with Crippen molar-refractivity contribution in [1.82, 2.24) is 20.5 Å². The molecule has 0 spiro atoms. The number of hydrogen-bond donors (Lipinski definition) is 2. The predicted molar refractivity (Wildman–Crippen MR) is 118 cm³/mol. The highest BCUT2D eigenvalue weighted by molar-refractivity contribution is 6.19. The van der Waals surface area contributed by atoms with Crippen molar-refractivity contribution in [3.05, 3.63) is 17.6 Å². The Kier molecular flexibility index (Phi) is 13.2. The number of amides is 6. The molecule has 0 bridgehead atoms. The van der Waals surface area contributed by atoms with Crippen molar-refractivity contribution < 1.29 is 19.2 Å². The smallest absolute Gasteiger partial charge is 0.335 e. The zero-order chi connectivity index (χ0) is 24.0. The fourth-order valence-electron chi connectivity index (χ4n) is 2.63. The van der Waals surface area contributed by atoms with Gasteiger partial charge < -0.3 is 5.32 Å². The molecule has 0 aliphatic carbocycles. The molecule has 172 valence electrons. The lowest BCUT2D eigenvalue weighted by Gasteiger charge is -2.39. The lowest BCUT2D eigenvalue weighted by Crippen LogP contribution is -2.64. The summed E-state index contributed by atoms with van der Waals surface area (Å²) in [4.78, 5) is 57.9. The van der Waals surface area contributed by atoms with Crippen LogP contribution in [0.25, 0.3) is 0 Å². The first-order chi connectivity index (χ1) is 14.7. The molecule has 0 aromatic heterocycles. The van der Waals surface area contributed by atoms with Crippen molar-refractivity contribution in [1.29, 1.82) is 0 Å². The standard InChI is InChI=1S/C14H18N2O3.C5H9Cl2N3O2/c1-5-7-8-10(3)14(9-6-2)11(17)15-13(19)16(4)12(14)18;6-1-3-8-5(11)10(9-12)4-2-7/h6,10H,2,5,9H2,1,3-4H3,(H,15,17,19);1-4H2,(H,8,11). The maximum atomic E-state index is 12.4. The number of barbiturate groups is 1. The predicted octanol–water partition coefficient (Wildman–Crippen LogP) is 2.46. The van der Waals surface area contributed by atoms with E-state index in [9.17, 15) is 24.1 Å². The number of carbonyl (C=O) groups excluding carboxylic acids is 4. The van der Waals surface area contributed by atoms with Crippen LogP contribution in [-0.4, -0.2) is 65.7 Å². The fraction of sp³-hybridized carbons (Fsp3) is 0.579. The van der Waals surface area contributed by atoms with E-state index < -0.39 is 35.2 Å². The van der Waals surface area contributed by atoms with Gasteiger partial charge in [0.1, 0.15) is 5.41 Å². The molecule has 0 radical (unpaired) electrons. The van der Waals surface area contributed by atoms with Crippen LogP contribution in [0.15, 0.2) is 17.9 Å². The highest BCUT2D eigenvalue weighted by atomic mass is 35.5. The first kappa shape index (κ1) is 28.4. The van der Waals surface area contributed by atoms with Gasteiger partial charge in [0.2, 0.25) is 11.8 Å². The topological polar surface area (TPSA) is 128 Å². The van der Waals surface area contributed by atoms with Gasteiger partial charge in [-0.1, -0.05) is 18.9 Å². The van der Waals surface area contributed by atoms with Gasteiger partial charge in [-0.25, -0.2) is 9.59 Å². The van der Waals surface area contributed by atoms with E-state index in [1.54, 1.807) is 6.92 Å². The molecule has 31 heavy (non-hydrogen) atoms. The molecule has 1 saturated heterocycles. The van der Waals surface area contributed by atoms with Gasteiger partial charge in [-0.2, -0.15) is 5.01 Å². The summed E-state index contributed by atoms with van der Waals surface area (Å²) >= 11 is 10.6. The molecule has 6 amide bonds. The van der Waals surface area contributed by atoms with Crippen molar-refractivity contribution in [2.24, 2.45) is 16.6 Å². The summed E-state index contributed by atoms with van der Waals surface area (Å²) in [6.45, 7) is 7.59. The van der Waals surface area contributed by atoms with Gasteiger partial charge in [0.05, 0.1) is 11.8 Å². The number of halogens is 2. The van der Waals surface area contributed by atoms with Crippen molar-refractivity contribution in [3.8, 4) is 11.8 Å². The Morgan fingerprint density at radius 3 is 2.52 bits per heavy atom. The van der Waals surface area contributed by atoms with E-state index in [0.717, 1.165) is 4.90 Å². The number of nitrogens with one attached hydrogen (secondary N) is 2. The minimum atomic E-state index is -1.37. The summed E-state index contributed by atoms with van der Waals surface area (Å²) in [5.74, 6) is 4.62. The minimum absolute atomic E-state index is 0.0964. The fourth-order valence-corrected chi connectivity index (χ4v) is 2.89. The Morgan fingerprint density at radius 1 is 1.39 bits per heavy atom. The van der Waals surface area contributed by atoms with Crippen LogP contribution in [0.1, 0.15) is 26.7 Å². The number of carbonyl (C=O) groups is 4. The summed E-state index contributed by atoms with van der Waals surface area (Å²) in [5, 5.41) is 7.76. The Morgan fingerprint density at radius 2 is 2.03 bits per heavy atom. The maximum absolute atomic E-state index is 12.4. The second-order valence-corrected chi connectivity index (χ2v) is 7.05. The highest BCUT2D eigenvalue weighted by Crippen LogP contribution is 2.36. The molecule has 0 aromatic rings. The van der Waals surface area contributed by atoms with Gasteiger partial charge in [-0.3, -0.25) is 19.8 Å². The highest BCUT2D eigenvalue weighted by Gasteiger charge is 2.55. The van der Waals surface area contributed by atoms with E-state index in [1.165, 1.54) is 13.1 Å². The van der Waals surface area contributed by atoms with Gasteiger partial charge in [0.15, 0.2) is 0 Å². The Balaban J connectivity index is 0.000000649. The number of allylic oxidation sites excluding steroid dienone is 1. The molecule has 1 aliphatic rings. The van der Waals surface area contributed by atoms with E-state index >= 15 is 0 Å². The molecule has 2 N–H and O–H groups in total. The monoisotopic (exact) mass is 475 g/mol. The van der Waals surface area contributed by atoms with Gasteiger partial charge in [-0.15, -0.1) is 40.6 Å². The van der Waals surface area contributed by atoms with E-state index in [-0.39, 0.29) is 18.8 Å². The zero-order valence-corrected chi connectivity index (χ0v) is 19.3. The molecule has 1 rings (SSSR count). The van der Waals surface area contributed by atoms with E-state index in [1.807, 2.05) is 6.92 Å². The normalized spacial score (nSPS) is 18.5. The molecule has 0 saturated carbocycles. The number of urea groups is 2. The Hall–Kier alpha value is -2.64. The van der Waals surface area contributed by atoms with Gasteiger partial charge in [0.25, 0.3) is 0 Å². The average molecular weight is 476 g/mol. The van der Waals surface area contributed by atoms with Crippen molar-refractivity contribution in [2.75, 3.05) is 31.9 Å². The summed E-state index contributed by atoms with van der Waals surface area (Å²) in [5.41, 5.74) is -1.37. The largest absolute Gasteiger partial charge is 0.340 e. The quantitative estimate of drug-likeness (QED) is 0.139. The summed E-state index contributed by atoms with van der Waals surface area (Å²) in [6, 6.07) is -1.28. The molecular formula is C19H27Cl2N5O5. The molecule has 0 aromatic carbocycles. The first-order valence-electron chi connectivity index (χ1n) is 9.41. The Labute approximate surface area is 191 Å². The average Bonchev–Trinajstić information content (AvgIpc) is 2.75. The first-order valence-corrected chi connectivity index (χ1v) is 10.5. The SMILES string of the molecule is C=CCC1(C(C)C#CCC)C(=O)NC(=O)N(C)C1=O.O=NN(CCCl)C(=O)NCCCl. The zero-order valence-electron chi connectivity index (χ0n) is 17.7. The number of alkyl halides is 2. The van der Waals surface area contributed by atoms with Crippen LogP contribution in [-0.2, 0) is 9.59 Å². The molecule has 1 fully saturated rings. The van der Waals surface area contributed by atoms with Crippen LogP contribution in [0.3, 0.4) is 0 Å². The van der Waals surface area contributed by atoms with Crippen LogP contribution >= 0.6 is 23.2 Å². The number of nitrogens with zero attached hydrogens (tertiary/aromatic N) is 3. The lowest BCUT2D eigenvalue weighted by molar-refractivity contribution is -0.152. The molecule has 1 aliphatic heterocycles. The summed E-state index contributed by atoms with van der Waals surface area (Å²) in [7, 11) is 1.35. The number of imide groups is 2. The summed E-state index contributed by atoms with van der Waals surface area (Å²) < 4.78 is 0. The maximum Gasteiger partial charge on any atom is 0.340 e. The molecule has 2 atom stereocenters. The van der Waals surface area contributed by atoms with Gasteiger partial charge >= 0.3 is 12.1 Å². The van der Waals surface area contributed by atoms with Crippen LogP contribution < -0.4 is 10.6 Å². The van der Waals surface area contributed by atoms with Crippen molar-refractivity contribution in [2.45, 2.75) is 26.7 Å². The minimum Gasteiger partial charge on any atom is -0.335 e. The molecular weight excluding hydrogens is 449 g/mol. The molecule has 1 heterocycles. The van der Waals surface area contributed by atoms with E-state index in [4.69, 9.17) is 23.2 Å². The third kappa shape index (κ3) is 7.52. The third-order valence-electron chi connectivity index (χ3n) is 4.32. The lowest BCUT2D eigenvalue weighted by atomic mass is 9.71. The van der Waals surface area contributed by atoms with Crippen LogP contribution in [0.5, 0.6) is 0 Å². The van der Waals surface area contributed by atoms with Crippen LogP contribution in [0, 0.1) is 28.1 Å². The Bertz CT molecular complexity index is 752. The van der Waals surface area contributed by atoms with Gasteiger partial charge in [0, 0.05) is 37.7 Å². The third-order valence-corrected chi connectivity index (χ3v) is 4.68. The van der Waals surface area contributed by atoms with Crippen molar-refractivity contribution in [3.63, 3.8) is 0 Å². The number of nitroso groups, excluding NO2 is 1. The van der Waals surface area contributed by atoms with Crippen molar-refractivity contribution >= 4 is 47.1 Å². The van der Waals surface area contributed by atoms with Crippen LogP contribution in [0.4, 0.5) is 9.59 Å². The second kappa shape index (κ2) is 14.4. The number of rotatable bonds is 8. The molecule has 2 unspecified atom stereocenters. The van der Waals surface area contributed by atoms with Crippen LogP contribution in [0.2, 0.25) is 0 Å².